The van der Waals surface area contributed by atoms with E-state index in [9.17, 15) is 4.79 Å². The van der Waals surface area contributed by atoms with Gasteiger partial charge < -0.3 is 15.5 Å². The first kappa shape index (κ1) is 15.7. The van der Waals surface area contributed by atoms with E-state index in [1.54, 1.807) is 6.26 Å². The fraction of sp³-hybridized carbons (Fsp3) is 0.643. The minimum absolute atomic E-state index is 0.00567. The maximum atomic E-state index is 12.0. The van der Waals surface area contributed by atoms with Crippen molar-refractivity contribution < 1.29 is 9.21 Å². The Morgan fingerprint density at radius 3 is 2.53 bits per heavy atom. The summed E-state index contributed by atoms with van der Waals surface area (Å²) >= 11 is 0. The molecule has 0 saturated carbocycles. The van der Waals surface area contributed by atoms with Crippen LogP contribution >= 0.6 is 0 Å². The summed E-state index contributed by atoms with van der Waals surface area (Å²) in [6, 6.07) is 3.23. The third-order valence-electron chi connectivity index (χ3n) is 3.18. The molecule has 19 heavy (non-hydrogen) atoms. The molecule has 1 aromatic rings. The van der Waals surface area contributed by atoms with Crippen LogP contribution in [0.25, 0.3) is 0 Å². The molecule has 5 nitrogen and oxygen atoms in total. The highest BCUT2D eigenvalue weighted by Gasteiger charge is 2.28. The summed E-state index contributed by atoms with van der Waals surface area (Å²) in [7, 11) is 3.89. The van der Waals surface area contributed by atoms with Gasteiger partial charge in [0.25, 0.3) is 0 Å². The van der Waals surface area contributed by atoms with Gasteiger partial charge in [0.15, 0.2) is 0 Å². The Bertz CT molecular complexity index is 393. The minimum atomic E-state index is -0.521. The summed E-state index contributed by atoms with van der Waals surface area (Å²) < 4.78 is 5.39. The maximum Gasteiger partial charge on any atom is 0.237 e. The normalized spacial score (nSPS) is 15.3. The fourth-order valence-corrected chi connectivity index (χ4v) is 1.72. The summed E-state index contributed by atoms with van der Waals surface area (Å²) in [6.45, 7) is 6.33. The molecule has 0 fully saturated rings. The highest BCUT2D eigenvalue weighted by molar-refractivity contribution is 5.82. The number of rotatable bonds is 5. The number of furan rings is 1. The van der Waals surface area contributed by atoms with Crippen LogP contribution in [-0.2, 0) is 4.79 Å². The first-order chi connectivity index (χ1) is 8.73. The molecule has 108 valence electrons. The maximum absolute atomic E-state index is 12.0. The number of carbonyl (C=O) groups is 1. The second-order valence-electron chi connectivity index (χ2n) is 6.08. The van der Waals surface area contributed by atoms with Crippen molar-refractivity contribution in [3.8, 4) is 0 Å². The van der Waals surface area contributed by atoms with Gasteiger partial charge in [0.05, 0.1) is 18.3 Å². The van der Waals surface area contributed by atoms with Crippen LogP contribution in [-0.4, -0.2) is 37.5 Å². The van der Waals surface area contributed by atoms with Crippen LogP contribution in [0.5, 0.6) is 0 Å². The Morgan fingerprint density at radius 1 is 1.47 bits per heavy atom. The van der Waals surface area contributed by atoms with Crippen molar-refractivity contribution >= 4 is 5.91 Å². The molecule has 1 unspecified atom stereocenters. The highest BCUT2D eigenvalue weighted by atomic mass is 16.3. The van der Waals surface area contributed by atoms with E-state index in [2.05, 4.69) is 5.32 Å². The lowest BCUT2D eigenvalue weighted by atomic mass is 9.87. The predicted octanol–water partition coefficient (Wildman–Crippen LogP) is 1.37. The van der Waals surface area contributed by atoms with Gasteiger partial charge in [-0.3, -0.25) is 9.69 Å². The number of carbonyl (C=O) groups excluding carboxylic acids is 1. The molecular weight excluding hydrogens is 242 g/mol. The van der Waals surface area contributed by atoms with E-state index in [4.69, 9.17) is 10.2 Å². The molecule has 1 amide bonds. The molecule has 0 aromatic carbocycles. The molecule has 1 heterocycles. The van der Waals surface area contributed by atoms with E-state index in [1.165, 1.54) is 0 Å². The van der Waals surface area contributed by atoms with Gasteiger partial charge in [-0.1, -0.05) is 20.8 Å². The van der Waals surface area contributed by atoms with Crippen molar-refractivity contribution in [2.24, 2.45) is 11.1 Å². The van der Waals surface area contributed by atoms with Crippen molar-refractivity contribution in [1.29, 1.82) is 0 Å². The van der Waals surface area contributed by atoms with E-state index in [1.807, 2.05) is 51.9 Å². The number of hydrogen-bond donors (Lipinski definition) is 2. The Morgan fingerprint density at radius 2 is 2.11 bits per heavy atom. The van der Waals surface area contributed by atoms with Crippen LogP contribution in [0.2, 0.25) is 0 Å². The molecule has 1 rings (SSSR count). The summed E-state index contributed by atoms with van der Waals surface area (Å²) in [6.07, 6.45) is 1.63. The van der Waals surface area contributed by atoms with Crippen LogP contribution in [0.1, 0.15) is 32.6 Å². The zero-order valence-corrected chi connectivity index (χ0v) is 12.4. The second-order valence-corrected chi connectivity index (χ2v) is 6.08. The molecule has 0 bridgehead atoms. The summed E-state index contributed by atoms with van der Waals surface area (Å²) in [5, 5.41) is 2.89. The third-order valence-corrected chi connectivity index (χ3v) is 3.18. The first-order valence-electron chi connectivity index (χ1n) is 6.46. The van der Waals surface area contributed by atoms with Crippen molar-refractivity contribution in [2.75, 3.05) is 20.6 Å². The van der Waals surface area contributed by atoms with Gasteiger partial charge in [-0.2, -0.15) is 0 Å². The zero-order chi connectivity index (χ0) is 14.6. The largest absolute Gasteiger partial charge is 0.468 e. The average Bonchev–Trinajstić information content (AvgIpc) is 2.79. The van der Waals surface area contributed by atoms with E-state index < -0.39 is 6.04 Å². The van der Waals surface area contributed by atoms with Crippen molar-refractivity contribution in [2.45, 2.75) is 32.9 Å². The van der Waals surface area contributed by atoms with Crippen molar-refractivity contribution in [3.63, 3.8) is 0 Å². The van der Waals surface area contributed by atoms with E-state index in [0.29, 0.717) is 6.54 Å². The minimum Gasteiger partial charge on any atom is -0.468 e. The third kappa shape index (κ3) is 4.36. The average molecular weight is 267 g/mol. The lowest BCUT2D eigenvalue weighted by Gasteiger charge is -2.28. The fourth-order valence-electron chi connectivity index (χ4n) is 1.72. The van der Waals surface area contributed by atoms with Crippen LogP contribution < -0.4 is 11.1 Å². The molecule has 0 aliphatic heterocycles. The van der Waals surface area contributed by atoms with Gasteiger partial charge in [-0.05, 0) is 31.6 Å². The number of hydrogen-bond acceptors (Lipinski definition) is 4. The van der Waals surface area contributed by atoms with Crippen LogP contribution in [0.3, 0.4) is 0 Å². The number of nitrogens with two attached hydrogens (primary N) is 1. The number of nitrogens with zero attached hydrogens (tertiary/aromatic N) is 1. The van der Waals surface area contributed by atoms with Crippen molar-refractivity contribution in [3.05, 3.63) is 24.2 Å². The standard InChI is InChI=1S/C14H25N3O2/c1-14(2,3)12(15)13(18)16-9-10(17(4)5)11-7-6-8-19-11/h6-8,10,12H,9,15H2,1-5H3,(H,16,18)/t10?,12-/m0/s1. The Hall–Kier alpha value is -1.33. The van der Waals surface area contributed by atoms with Gasteiger partial charge in [0.1, 0.15) is 5.76 Å². The predicted molar refractivity (Wildman–Crippen MR) is 75.6 cm³/mol. The lowest BCUT2D eigenvalue weighted by molar-refractivity contribution is -0.124. The van der Waals surface area contributed by atoms with Crippen LogP contribution in [0.4, 0.5) is 0 Å². The molecule has 3 N–H and O–H groups in total. The molecule has 5 heteroatoms. The van der Waals surface area contributed by atoms with Gasteiger partial charge in [-0.25, -0.2) is 0 Å². The van der Waals surface area contributed by atoms with Gasteiger partial charge in [-0.15, -0.1) is 0 Å². The van der Waals surface area contributed by atoms with Gasteiger partial charge >= 0.3 is 0 Å². The number of nitrogens with one attached hydrogen (secondary N) is 1. The summed E-state index contributed by atoms with van der Waals surface area (Å²) in [5.74, 6) is 0.695. The number of amides is 1. The molecule has 2 atom stereocenters. The van der Waals surface area contributed by atoms with Crippen LogP contribution in [0, 0.1) is 5.41 Å². The SMILES string of the molecule is CN(C)C(CNC(=O)[C@H](N)C(C)(C)C)c1ccco1. The second kappa shape index (κ2) is 6.21. The van der Waals surface area contributed by atoms with Gasteiger partial charge in [0.2, 0.25) is 5.91 Å². The smallest absolute Gasteiger partial charge is 0.237 e. The summed E-state index contributed by atoms with van der Waals surface area (Å²) in [5.41, 5.74) is 5.68. The molecule has 0 spiro atoms. The first-order valence-corrected chi connectivity index (χ1v) is 6.46. The Balaban J connectivity index is 2.61. The topological polar surface area (TPSA) is 71.5 Å². The van der Waals surface area contributed by atoms with Crippen molar-refractivity contribution in [1.82, 2.24) is 10.2 Å². The molecular formula is C14H25N3O2. The molecule has 1 aromatic heterocycles. The Labute approximate surface area is 115 Å². The molecule has 0 aliphatic rings. The lowest BCUT2D eigenvalue weighted by Crippen LogP contribution is -2.50. The van der Waals surface area contributed by atoms with E-state index in [-0.39, 0.29) is 17.4 Å². The Kier molecular flexibility index (Phi) is 5.14. The number of likely N-dealkylation sites (N-methyl/N-ethyl adjacent to an activating group) is 1. The van der Waals surface area contributed by atoms with E-state index >= 15 is 0 Å². The quantitative estimate of drug-likeness (QED) is 0.845. The van der Waals surface area contributed by atoms with E-state index in [0.717, 1.165) is 5.76 Å². The zero-order valence-electron chi connectivity index (χ0n) is 12.4. The monoisotopic (exact) mass is 267 g/mol. The van der Waals surface area contributed by atoms with Crippen LogP contribution in [0.15, 0.2) is 22.8 Å². The van der Waals surface area contributed by atoms with Gasteiger partial charge in [0, 0.05) is 6.54 Å². The summed E-state index contributed by atoms with van der Waals surface area (Å²) in [4.78, 5) is 14.0. The highest BCUT2D eigenvalue weighted by Crippen LogP contribution is 2.19. The molecule has 0 radical (unpaired) electrons. The molecule has 0 aliphatic carbocycles. The molecule has 0 saturated heterocycles.